The second-order valence-electron chi connectivity index (χ2n) is 7.44. The number of hydrogen-bond acceptors (Lipinski definition) is 4. The van der Waals surface area contributed by atoms with Gasteiger partial charge in [-0.1, -0.05) is 46.3 Å². The molecule has 1 heterocycles. The quantitative estimate of drug-likeness (QED) is 0.496. The molecule has 0 saturated heterocycles. The minimum Gasteiger partial charge on any atom is -0.384 e. The average Bonchev–Trinajstić information content (AvgIpc) is 3.00. The number of aliphatic hydroxyl groups is 1. The van der Waals surface area contributed by atoms with Crippen molar-refractivity contribution in [2.75, 3.05) is 5.75 Å². The van der Waals surface area contributed by atoms with E-state index in [1.807, 2.05) is 19.1 Å². The van der Waals surface area contributed by atoms with Crippen molar-refractivity contribution in [2.24, 2.45) is 12.2 Å². The number of primary sulfonamides is 1. The van der Waals surface area contributed by atoms with Crippen LogP contribution in [0.25, 0.3) is 0 Å². The predicted octanol–water partition coefficient (Wildman–Crippen LogP) is 3.05. The van der Waals surface area contributed by atoms with Crippen molar-refractivity contribution in [2.45, 2.75) is 18.9 Å². The van der Waals surface area contributed by atoms with E-state index in [0.29, 0.717) is 22.5 Å². The van der Waals surface area contributed by atoms with Crippen LogP contribution in [0.1, 0.15) is 32.9 Å². The Morgan fingerprint density at radius 2 is 1.80 bits per heavy atom. The molecule has 30 heavy (non-hydrogen) atoms. The highest BCUT2D eigenvalue weighted by Gasteiger charge is 2.35. The fourth-order valence-electron chi connectivity index (χ4n) is 3.60. The molecule has 3 N–H and O–H groups in total. The summed E-state index contributed by atoms with van der Waals surface area (Å²) < 4.78 is 26.2. The largest absolute Gasteiger partial charge is 0.384 e. The third-order valence-corrected chi connectivity index (χ3v) is 6.49. The minimum absolute atomic E-state index is 0.0173. The highest BCUT2D eigenvalue weighted by molar-refractivity contribution is 9.10. The summed E-state index contributed by atoms with van der Waals surface area (Å²) >= 11 is 3.40. The Balaban J connectivity index is 1.98. The number of sulfonamides is 1. The third-order valence-electron chi connectivity index (χ3n) is 5.12. The smallest absolute Gasteiger partial charge is 0.212 e. The molecule has 0 aliphatic carbocycles. The Morgan fingerprint density at radius 1 is 1.13 bits per heavy atom. The van der Waals surface area contributed by atoms with E-state index >= 15 is 0 Å². The number of benzene rings is 2. The summed E-state index contributed by atoms with van der Waals surface area (Å²) in [5.74, 6) is -0.784. The van der Waals surface area contributed by atoms with Crippen LogP contribution in [0.3, 0.4) is 0 Å². The van der Waals surface area contributed by atoms with Crippen molar-refractivity contribution < 1.29 is 18.3 Å². The first-order chi connectivity index (χ1) is 14.0. The van der Waals surface area contributed by atoms with Crippen molar-refractivity contribution in [3.8, 4) is 0 Å². The van der Waals surface area contributed by atoms with Crippen molar-refractivity contribution in [1.29, 1.82) is 0 Å². The maximum atomic E-state index is 13.1. The van der Waals surface area contributed by atoms with Crippen LogP contribution < -0.4 is 5.14 Å². The van der Waals surface area contributed by atoms with E-state index in [4.69, 9.17) is 5.14 Å². The molecule has 0 radical (unpaired) electrons. The third kappa shape index (κ3) is 4.89. The number of aromatic nitrogens is 1. The molecule has 1 atom stereocenters. The molecule has 8 heteroatoms. The maximum Gasteiger partial charge on any atom is 0.212 e. The lowest BCUT2D eigenvalue weighted by molar-refractivity contribution is 0.0592. The van der Waals surface area contributed by atoms with Crippen LogP contribution in [0.5, 0.6) is 0 Å². The van der Waals surface area contributed by atoms with Crippen molar-refractivity contribution in [3.63, 3.8) is 0 Å². The molecule has 0 saturated carbocycles. The zero-order chi connectivity index (χ0) is 22.1. The van der Waals surface area contributed by atoms with Gasteiger partial charge < -0.3 is 9.67 Å². The van der Waals surface area contributed by atoms with Crippen molar-refractivity contribution in [3.05, 3.63) is 93.2 Å². The molecule has 3 aromatic rings. The number of aryl methyl sites for hydroxylation is 1. The van der Waals surface area contributed by atoms with Gasteiger partial charge in [0.05, 0.1) is 11.4 Å². The molecule has 0 fully saturated rings. The summed E-state index contributed by atoms with van der Waals surface area (Å²) in [6, 6.07) is 17.4. The first kappa shape index (κ1) is 22.4. The summed E-state index contributed by atoms with van der Waals surface area (Å²) in [5, 5.41) is 16.5. The molecule has 158 valence electrons. The molecular weight excluding hydrogens is 468 g/mol. The second kappa shape index (κ2) is 8.47. The molecule has 1 unspecified atom stereocenters. The van der Waals surface area contributed by atoms with E-state index < -0.39 is 21.4 Å². The van der Waals surface area contributed by atoms with Gasteiger partial charge in [-0.15, -0.1) is 0 Å². The van der Waals surface area contributed by atoms with Gasteiger partial charge in [-0.25, -0.2) is 13.6 Å². The summed E-state index contributed by atoms with van der Waals surface area (Å²) in [7, 11) is -2.23. The first-order valence-electron chi connectivity index (χ1n) is 9.24. The molecule has 0 aliphatic heterocycles. The van der Waals surface area contributed by atoms with E-state index in [1.165, 1.54) is 0 Å². The Morgan fingerprint density at radius 3 is 2.40 bits per heavy atom. The van der Waals surface area contributed by atoms with E-state index in [0.717, 1.165) is 10.0 Å². The van der Waals surface area contributed by atoms with E-state index in [1.54, 1.807) is 60.1 Å². The Kier molecular flexibility index (Phi) is 6.33. The van der Waals surface area contributed by atoms with Gasteiger partial charge in [-0.05, 0) is 48.4 Å². The van der Waals surface area contributed by atoms with Gasteiger partial charge in [-0.2, -0.15) is 0 Å². The van der Waals surface area contributed by atoms with E-state index in [9.17, 15) is 18.3 Å². The van der Waals surface area contributed by atoms with Crippen LogP contribution in [0.2, 0.25) is 0 Å². The molecular formula is C22H23BrN2O4S. The van der Waals surface area contributed by atoms with Crippen LogP contribution in [-0.2, 0) is 29.1 Å². The van der Waals surface area contributed by atoms with Gasteiger partial charge in [0.15, 0.2) is 0 Å². The normalized spacial score (nSPS) is 13.8. The van der Waals surface area contributed by atoms with Crippen LogP contribution in [-0.4, -0.2) is 29.6 Å². The molecule has 3 rings (SSSR count). The number of rotatable bonds is 7. The number of carbonyl (C=O) groups excluding carboxylic acids is 1. The van der Waals surface area contributed by atoms with Crippen LogP contribution >= 0.6 is 15.9 Å². The van der Waals surface area contributed by atoms with Crippen molar-refractivity contribution >= 4 is 31.7 Å². The molecule has 1 aromatic heterocycles. The fourth-order valence-corrected chi connectivity index (χ4v) is 5.01. The lowest BCUT2D eigenvalue weighted by atomic mass is 9.91. The van der Waals surface area contributed by atoms with Crippen LogP contribution in [0.4, 0.5) is 0 Å². The molecule has 2 aromatic carbocycles. The molecule has 6 nitrogen and oxygen atoms in total. The highest BCUT2D eigenvalue weighted by Crippen LogP contribution is 2.28. The average molecular weight is 491 g/mol. The lowest BCUT2D eigenvalue weighted by Crippen LogP contribution is -2.39. The zero-order valence-corrected chi connectivity index (χ0v) is 19.1. The number of halogens is 1. The van der Waals surface area contributed by atoms with Gasteiger partial charge in [0, 0.05) is 29.2 Å². The maximum absolute atomic E-state index is 13.1. The van der Waals surface area contributed by atoms with E-state index in [-0.39, 0.29) is 12.2 Å². The first-order valence-corrected chi connectivity index (χ1v) is 11.7. The van der Waals surface area contributed by atoms with Crippen molar-refractivity contribution in [1.82, 2.24) is 4.57 Å². The second-order valence-corrected chi connectivity index (χ2v) is 9.97. The van der Waals surface area contributed by atoms with Gasteiger partial charge in [-0.3, -0.25) is 4.79 Å². The lowest BCUT2D eigenvalue weighted by Gasteiger charge is -2.28. The minimum atomic E-state index is -3.96. The van der Waals surface area contributed by atoms with Crippen LogP contribution in [0, 0.1) is 6.92 Å². The van der Waals surface area contributed by atoms with Gasteiger partial charge >= 0.3 is 0 Å². The van der Waals surface area contributed by atoms with Gasteiger partial charge in [0.1, 0.15) is 5.60 Å². The summed E-state index contributed by atoms with van der Waals surface area (Å²) in [6.45, 7) is 1.86. The Bertz CT molecular complexity index is 1190. The summed E-state index contributed by atoms with van der Waals surface area (Å²) in [5.41, 5.74) is 1.19. The van der Waals surface area contributed by atoms with Gasteiger partial charge in [0.2, 0.25) is 15.8 Å². The number of hydrogen-bond donors (Lipinski definition) is 2. The summed E-state index contributed by atoms with van der Waals surface area (Å²) in [6.07, 6.45) is -0.0173. The molecule has 0 amide bonds. The zero-order valence-electron chi connectivity index (χ0n) is 16.7. The topological polar surface area (TPSA) is 102 Å². The monoisotopic (exact) mass is 490 g/mol. The number of carbonyl (C=O) groups is 1. The van der Waals surface area contributed by atoms with E-state index in [2.05, 4.69) is 15.9 Å². The van der Waals surface area contributed by atoms with Crippen LogP contribution in [0.15, 0.2) is 65.1 Å². The molecule has 0 bridgehead atoms. The predicted molar refractivity (Wildman–Crippen MR) is 120 cm³/mol. The molecule has 0 aliphatic rings. The highest BCUT2D eigenvalue weighted by atomic mass is 79.9. The number of nitrogens with zero attached hydrogens (tertiary/aromatic N) is 1. The molecule has 0 spiro atoms. The summed E-state index contributed by atoms with van der Waals surface area (Å²) in [4.78, 5) is 13.1. The fraction of sp³-hybridized carbons (Fsp3) is 0.227. The number of ketones is 1. The standard InChI is InChI=1S/C22H23BrN2O4S/c1-15-12-17(23)8-10-19(15)21(26)20-11-9-18(25(20)2)13-22(27,14-30(24,28)29)16-6-4-3-5-7-16/h3-12,27H,13-14H2,1-2H3,(H2,24,28,29). The van der Waals surface area contributed by atoms with Gasteiger partial charge in [0.25, 0.3) is 0 Å². The number of nitrogens with two attached hydrogens (primary N) is 1. The Hall–Kier alpha value is -2.26. The Labute approximate surface area is 184 Å². The SMILES string of the molecule is Cc1cc(Br)ccc1C(=O)c1ccc(CC(O)(CS(N)(=O)=O)c2ccccc2)n1C.